The van der Waals surface area contributed by atoms with Gasteiger partial charge in [0.15, 0.2) is 6.19 Å². The van der Waals surface area contributed by atoms with Gasteiger partial charge in [-0.15, -0.1) is 0 Å². The van der Waals surface area contributed by atoms with Gasteiger partial charge in [-0.05, 0) is 0 Å². The van der Waals surface area contributed by atoms with E-state index in [-0.39, 0.29) is 23.7 Å². The van der Waals surface area contributed by atoms with Gasteiger partial charge in [-0.2, -0.15) is 5.26 Å². The Balaban J connectivity index is 2.21. The van der Waals surface area contributed by atoms with Gasteiger partial charge in [-0.25, -0.2) is 0 Å². The van der Waals surface area contributed by atoms with Gasteiger partial charge in [0, 0.05) is 13.1 Å². The van der Waals surface area contributed by atoms with Crippen LogP contribution in [0.25, 0.3) is 0 Å². The van der Waals surface area contributed by atoms with E-state index in [9.17, 15) is 9.59 Å². The van der Waals surface area contributed by atoms with Crippen LogP contribution in [0.15, 0.2) is 0 Å². The number of nitrogens with one attached hydrogen (secondary N) is 1. The molecule has 2 saturated heterocycles. The maximum atomic E-state index is 11.1. The molecule has 2 fully saturated rings. The average molecular weight is 165 g/mol. The average Bonchev–Trinajstić information content (AvgIpc) is 2.55. The summed E-state index contributed by atoms with van der Waals surface area (Å²) in [7, 11) is 0. The molecule has 2 amide bonds. The highest BCUT2D eigenvalue weighted by atomic mass is 16.2. The number of fused-ring (bicyclic) bond motifs is 1. The van der Waals surface area contributed by atoms with Crippen LogP contribution >= 0.6 is 0 Å². The fourth-order valence-corrected chi connectivity index (χ4v) is 1.72. The lowest BCUT2D eigenvalue weighted by Crippen LogP contribution is -2.29. The molecule has 0 spiro atoms. The van der Waals surface area contributed by atoms with E-state index in [4.69, 9.17) is 5.26 Å². The van der Waals surface area contributed by atoms with Crippen LogP contribution in [0.4, 0.5) is 0 Å². The minimum atomic E-state index is -0.294. The van der Waals surface area contributed by atoms with Crippen LogP contribution in [0, 0.1) is 23.3 Å². The standard InChI is InChI=1S/C7H7N3O2/c8-3-10-1-4-5(2-10)7(12)9-6(4)11/h4-5H,1-2H2,(H,9,11,12)/t4-,5+. The maximum absolute atomic E-state index is 11.1. The third-order valence-corrected chi connectivity index (χ3v) is 2.38. The molecule has 5 nitrogen and oxygen atoms in total. The molecule has 0 radical (unpaired) electrons. The SMILES string of the molecule is N#CN1C[C@@H]2C(=O)NC(=O)[C@@H]2C1. The molecule has 0 unspecified atom stereocenters. The highest BCUT2D eigenvalue weighted by Gasteiger charge is 2.47. The van der Waals surface area contributed by atoms with Gasteiger partial charge < -0.3 is 4.90 Å². The highest BCUT2D eigenvalue weighted by Crippen LogP contribution is 2.27. The Kier molecular flexibility index (Phi) is 1.30. The third kappa shape index (κ3) is 0.780. The molecule has 0 aromatic heterocycles. The third-order valence-electron chi connectivity index (χ3n) is 2.38. The van der Waals surface area contributed by atoms with E-state index >= 15 is 0 Å². The highest BCUT2D eigenvalue weighted by molar-refractivity contribution is 6.05. The summed E-state index contributed by atoms with van der Waals surface area (Å²) in [6, 6.07) is 0. The predicted molar refractivity (Wildman–Crippen MR) is 37.3 cm³/mol. The van der Waals surface area contributed by atoms with Crippen LogP contribution in [-0.2, 0) is 9.59 Å². The van der Waals surface area contributed by atoms with E-state index in [0.717, 1.165) is 0 Å². The summed E-state index contributed by atoms with van der Waals surface area (Å²) in [5.74, 6) is -1.06. The number of likely N-dealkylation sites (tertiary alicyclic amines) is 1. The molecule has 2 atom stereocenters. The Morgan fingerprint density at radius 2 is 1.83 bits per heavy atom. The van der Waals surface area contributed by atoms with E-state index in [1.807, 2.05) is 6.19 Å². The van der Waals surface area contributed by atoms with Crippen LogP contribution in [0.1, 0.15) is 0 Å². The first kappa shape index (κ1) is 7.10. The molecule has 0 bridgehead atoms. The molecule has 0 aliphatic carbocycles. The quantitative estimate of drug-likeness (QED) is 0.356. The minimum absolute atomic E-state index is 0.234. The summed E-state index contributed by atoms with van der Waals surface area (Å²) in [5.41, 5.74) is 0. The zero-order valence-electron chi connectivity index (χ0n) is 6.28. The van der Waals surface area contributed by atoms with E-state index in [1.165, 1.54) is 4.90 Å². The number of amides is 2. The van der Waals surface area contributed by atoms with Crippen LogP contribution in [0.5, 0.6) is 0 Å². The van der Waals surface area contributed by atoms with Gasteiger partial charge in [0.25, 0.3) is 0 Å². The van der Waals surface area contributed by atoms with Crippen molar-refractivity contribution in [1.29, 1.82) is 5.26 Å². The molecule has 62 valence electrons. The molecule has 2 heterocycles. The van der Waals surface area contributed by atoms with Gasteiger partial charge in [0.2, 0.25) is 11.8 Å². The van der Waals surface area contributed by atoms with Crippen molar-refractivity contribution in [1.82, 2.24) is 10.2 Å². The molecule has 2 aliphatic heterocycles. The van der Waals surface area contributed by atoms with E-state index < -0.39 is 0 Å². The largest absolute Gasteiger partial charge is 0.309 e. The molecule has 0 saturated carbocycles. The van der Waals surface area contributed by atoms with Crippen molar-refractivity contribution in [2.24, 2.45) is 11.8 Å². The summed E-state index contributed by atoms with van der Waals surface area (Å²) >= 11 is 0. The topological polar surface area (TPSA) is 73.2 Å². The second kappa shape index (κ2) is 2.21. The van der Waals surface area contributed by atoms with Gasteiger partial charge in [0.1, 0.15) is 0 Å². The first-order valence-electron chi connectivity index (χ1n) is 3.72. The number of hydrogen-bond donors (Lipinski definition) is 1. The number of nitriles is 1. The van der Waals surface area contributed by atoms with Crippen molar-refractivity contribution in [2.45, 2.75) is 0 Å². The normalized spacial score (nSPS) is 33.1. The molecule has 1 N–H and O–H groups in total. The first-order chi connectivity index (χ1) is 5.72. The van der Waals surface area contributed by atoms with Gasteiger partial charge in [0.05, 0.1) is 11.8 Å². The fraction of sp³-hybridized carbons (Fsp3) is 0.571. The minimum Gasteiger partial charge on any atom is -0.309 e. The van der Waals surface area contributed by atoms with E-state index in [0.29, 0.717) is 13.1 Å². The van der Waals surface area contributed by atoms with Gasteiger partial charge >= 0.3 is 0 Å². The smallest absolute Gasteiger partial charge is 0.232 e. The van der Waals surface area contributed by atoms with Crippen LogP contribution in [0.2, 0.25) is 0 Å². The van der Waals surface area contributed by atoms with E-state index in [2.05, 4.69) is 5.32 Å². The zero-order valence-corrected chi connectivity index (χ0v) is 6.28. The summed E-state index contributed by atoms with van der Waals surface area (Å²) in [5, 5.41) is 10.8. The van der Waals surface area contributed by atoms with Crippen molar-refractivity contribution in [2.75, 3.05) is 13.1 Å². The second-order valence-electron chi connectivity index (χ2n) is 3.07. The van der Waals surface area contributed by atoms with Crippen LogP contribution < -0.4 is 5.32 Å². The van der Waals surface area contributed by atoms with E-state index in [1.54, 1.807) is 0 Å². The predicted octanol–water partition coefficient (Wildman–Crippen LogP) is -1.33. The lowest BCUT2D eigenvalue weighted by atomic mass is 10.00. The van der Waals surface area contributed by atoms with Crippen molar-refractivity contribution in [3.63, 3.8) is 0 Å². The lowest BCUT2D eigenvalue weighted by molar-refractivity contribution is -0.126. The Bertz CT molecular complexity index is 272. The molecule has 2 rings (SSSR count). The monoisotopic (exact) mass is 165 g/mol. The molecule has 5 heteroatoms. The molecule has 12 heavy (non-hydrogen) atoms. The Labute approximate surface area is 68.9 Å². The number of rotatable bonds is 0. The van der Waals surface area contributed by atoms with Gasteiger partial charge in [-0.1, -0.05) is 0 Å². The van der Waals surface area contributed by atoms with Crippen molar-refractivity contribution in [3.8, 4) is 6.19 Å². The van der Waals surface area contributed by atoms with Crippen molar-refractivity contribution < 1.29 is 9.59 Å². The first-order valence-corrected chi connectivity index (χ1v) is 3.72. The number of carbonyl (C=O) groups excluding carboxylic acids is 2. The zero-order chi connectivity index (χ0) is 8.72. The molecular formula is C7H7N3O2. The maximum Gasteiger partial charge on any atom is 0.232 e. The van der Waals surface area contributed by atoms with Crippen molar-refractivity contribution >= 4 is 11.8 Å². The molecular weight excluding hydrogens is 158 g/mol. The Hall–Kier alpha value is -1.57. The Morgan fingerprint density at radius 3 is 2.25 bits per heavy atom. The summed E-state index contributed by atoms with van der Waals surface area (Å²) in [6.45, 7) is 0.775. The second-order valence-corrected chi connectivity index (χ2v) is 3.07. The summed E-state index contributed by atoms with van der Waals surface area (Å²) in [4.78, 5) is 23.6. The summed E-state index contributed by atoms with van der Waals surface area (Å²) < 4.78 is 0. The van der Waals surface area contributed by atoms with Crippen LogP contribution in [-0.4, -0.2) is 29.8 Å². The number of nitrogens with zero attached hydrogens (tertiary/aromatic N) is 2. The van der Waals surface area contributed by atoms with Crippen molar-refractivity contribution in [3.05, 3.63) is 0 Å². The molecule has 2 aliphatic rings. The number of imide groups is 1. The number of hydrogen-bond acceptors (Lipinski definition) is 4. The molecule has 0 aromatic rings. The summed E-state index contributed by atoms with van der Waals surface area (Å²) in [6.07, 6.45) is 1.93. The number of carbonyl (C=O) groups is 2. The Morgan fingerprint density at radius 1 is 1.33 bits per heavy atom. The van der Waals surface area contributed by atoms with Gasteiger partial charge in [-0.3, -0.25) is 14.9 Å². The fourth-order valence-electron chi connectivity index (χ4n) is 1.72. The van der Waals surface area contributed by atoms with Crippen LogP contribution in [0.3, 0.4) is 0 Å². The molecule has 0 aromatic carbocycles. The lowest BCUT2D eigenvalue weighted by Gasteiger charge is -2.05.